The molecule has 6 nitrogen and oxygen atoms in total. The van der Waals surface area contributed by atoms with Gasteiger partial charge in [0.15, 0.2) is 5.16 Å². The number of rotatable bonds is 6. The zero-order valence-electron chi connectivity index (χ0n) is 13.0. The summed E-state index contributed by atoms with van der Waals surface area (Å²) in [5.74, 6) is 0.0684. The van der Waals surface area contributed by atoms with Crippen LogP contribution in [0.5, 0.6) is 0 Å². The first-order chi connectivity index (χ1) is 9.99. The third kappa shape index (κ3) is 3.70. The van der Waals surface area contributed by atoms with Gasteiger partial charge in [-0.25, -0.2) is 0 Å². The monoisotopic (exact) mass is 312 g/mol. The van der Waals surface area contributed by atoms with Crippen molar-refractivity contribution in [1.82, 2.24) is 14.8 Å². The van der Waals surface area contributed by atoms with Crippen LogP contribution in [-0.2, 0) is 11.3 Å². The number of aromatic nitrogens is 3. The molecule has 1 N–H and O–H groups in total. The average molecular weight is 312 g/mol. The molecule has 1 fully saturated rings. The molecule has 7 heteroatoms. The van der Waals surface area contributed by atoms with E-state index in [0.29, 0.717) is 10.6 Å². The van der Waals surface area contributed by atoms with Crippen LogP contribution >= 0.6 is 11.8 Å². The van der Waals surface area contributed by atoms with Crippen LogP contribution in [0.4, 0.5) is 5.95 Å². The van der Waals surface area contributed by atoms with Gasteiger partial charge in [0.05, 0.1) is 5.75 Å². The van der Waals surface area contributed by atoms with E-state index in [0.717, 1.165) is 38.4 Å². The van der Waals surface area contributed by atoms with Gasteiger partial charge >= 0.3 is 5.97 Å². The zero-order valence-corrected chi connectivity index (χ0v) is 13.8. The number of hydrogen-bond acceptors (Lipinski definition) is 5. The Morgan fingerprint density at radius 2 is 2.00 bits per heavy atom. The van der Waals surface area contributed by atoms with Gasteiger partial charge < -0.3 is 10.0 Å². The summed E-state index contributed by atoms with van der Waals surface area (Å²) in [6.07, 6.45) is 3.54. The van der Waals surface area contributed by atoms with Crippen molar-refractivity contribution in [3.8, 4) is 0 Å². The molecule has 0 unspecified atom stereocenters. The number of carboxylic acids is 1. The Bertz CT molecular complexity index is 495. The lowest BCUT2D eigenvalue weighted by Gasteiger charge is -2.39. The summed E-state index contributed by atoms with van der Waals surface area (Å²) < 4.78 is 2.02. The summed E-state index contributed by atoms with van der Waals surface area (Å²) >= 11 is 1.23. The number of thioether (sulfide) groups is 1. The molecule has 0 saturated carbocycles. The molecule has 1 saturated heterocycles. The fourth-order valence-electron chi connectivity index (χ4n) is 2.62. The second kappa shape index (κ2) is 6.68. The van der Waals surface area contributed by atoms with E-state index < -0.39 is 5.97 Å². The third-order valence-electron chi connectivity index (χ3n) is 4.45. The van der Waals surface area contributed by atoms with Crippen LogP contribution in [0.25, 0.3) is 0 Å². The van der Waals surface area contributed by atoms with Gasteiger partial charge in [-0.05, 0) is 25.2 Å². The number of anilines is 1. The number of nitrogens with zero attached hydrogens (tertiary/aromatic N) is 4. The van der Waals surface area contributed by atoms with E-state index in [1.54, 1.807) is 0 Å². The summed E-state index contributed by atoms with van der Waals surface area (Å²) in [5, 5.41) is 17.9. The topological polar surface area (TPSA) is 71.2 Å². The van der Waals surface area contributed by atoms with Gasteiger partial charge in [0.1, 0.15) is 0 Å². The van der Waals surface area contributed by atoms with Crippen LogP contribution in [0, 0.1) is 5.41 Å². The number of piperidine rings is 1. The maximum absolute atomic E-state index is 10.7. The van der Waals surface area contributed by atoms with Crippen molar-refractivity contribution in [1.29, 1.82) is 0 Å². The van der Waals surface area contributed by atoms with E-state index in [-0.39, 0.29) is 5.75 Å². The Morgan fingerprint density at radius 3 is 2.52 bits per heavy atom. The molecule has 1 aromatic rings. The van der Waals surface area contributed by atoms with Crippen molar-refractivity contribution in [3.63, 3.8) is 0 Å². The van der Waals surface area contributed by atoms with Crippen molar-refractivity contribution in [3.05, 3.63) is 0 Å². The highest BCUT2D eigenvalue weighted by molar-refractivity contribution is 7.99. The Hall–Kier alpha value is -1.24. The highest BCUT2D eigenvalue weighted by atomic mass is 32.2. The van der Waals surface area contributed by atoms with Gasteiger partial charge in [-0.3, -0.25) is 9.36 Å². The molecule has 2 rings (SSSR count). The van der Waals surface area contributed by atoms with Crippen molar-refractivity contribution >= 4 is 23.7 Å². The zero-order chi connectivity index (χ0) is 15.5. The van der Waals surface area contributed by atoms with E-state index in [9.17, 15) is 4.79 Å². The molecule has 2 heterocycles. The van der Waals surface area contributed by atoms with E-state index in [1.807, 2.05) is 11.5 Å². The largest absolute Gasteiger partial charge is 0.481 e. The lowest BCUT2D eigenvalue weighted by atomic mass is 9.78. The predicted molar refractivity (Wildman–Crippen MR) is 83.9 cm³/mol. The van der Waals surface area contributed by atoms with Gasteiger partial charge in [-0.15, -0.1) is 10.2 Å². The minimum Gasteiger partial charge on any atom is -0.481 e. The SMILES string of the molecule is CCn1c(SCC(=O)O)nnc1N1CCC(C)(CC)CC1. The molecule has 21 heavy (non-hydrogen) atoms. The fraction of sp³-hybridized carbons (Fsp3) is 0.786. The second-order valence-corrected chi connectivity index (χ2v) is 6.80. The standard InChI is InChI=1S/C14H24N4O2S/c1-4-14(3)6-8-17(9-7-14)12-15-16-13(18(12)5-2)21-10-11(19)20/h4-10H2,1-3H3,(H,19,20). The average Bonchev–Trinajstić information content (AvgIpc) is 2.88. The maximum atomic E-state index is 10.7. The number of hydrogen-bond donors (Lipinski definition) is 1. The second-order valence-electron chi connectivity index (χ2n) is 5.86. The molecular weight excluding hydrogens is 288 g/mol. The van der Waals surface area contributed by atoms with Gasteiger partial charge in [-0.1, -0.05) is 32.0 Å². The number of aliphatic carboxylic acids is 1. The van der Waals surface area contributed by atoms with E-state index in [1.165, 1.54) is 18.2 Å². The van der Waals surface area contributed by atoms with Crippen molar-refractivity contribution in [2.24, 2.45) is 5.41 Å². The van der Waals surface area contributed by atoms with Gasteiger partial charge in [-0.2, -0.15) is 0 Å². The van der Waals surface area contributed by atoms with Crippen molar-refractivity contribution < 1.29 is 9.90 Å². The first-order valence-electron chi connectivity index (χ1n) is 7.52. The first-order valence-corrected chi connectivity index (χ1v) is 8.50. The highest BCUT2D eigenvalue weighted by Gasteiger charge is 2.30. The minimum atomic E-state index is -0.830. The lowest BCUT2D eigenvalue weighted by Crippen LogP contribution is -2.39. The number of carboxylic acid groups (broad SMARTS) is 1. The molecule has 0 aromatic carbocycles. The molecule has 0 atom stereocenters. The lowest BCUT2D eigenvalue weighted by molar-refractivity contribution is -0.133. The van der Waals surface area contributed by atoms with E-state index >= 15 is 0 Å². The fourth-order valence-corrected chi connectivity index (χ4v) is 3.34. The molecule has 1 aromatic heterocycles. The van der Waals surface area contributed by atoms with Crippen LogP contribution in [0.2, 0.25) is 0 Å². The molecule has 0 amide bonds. The molecule has 0 spiro atoms. The van der Waals surface area contributed by atoms with E-state index in [2.05, 4.69) is 28.9 Å². The van der Waals surface area contributed by atoms with Gasteiger partial charge in [0.2, 0.25) is 5.95 Å². The van der Waals surface area contributed by atoms with Gasteiger partial charge in [0.25, 0.3) is 0 Å². The van der Waals surface area contributed by atoms with Crippen LogP contribution in [0.1, 0.15) is 40.0 Å². The van der Waals surface area contributed by atoms with Crippen molar-refractivity contribution in [2.45, 2.75) is 51.7 Å². The van der Waals surface area contributed by atoms with E-state index in [4.69, 9.17) is 5.11 Å². The molecule has 118 valence electrons. The smallest absolute Gasteiger partial charge is 0.313 e. The van der Waals surface area contributed by atoms with Crippen molar-refractivity contribution in [2.75, 3.05) is 23.7 Å². The summed E-state index contributed by atoms with van der Waals surface area (Å²) in [4.78, 5) is 13.0. The maximum Gasteiger partial charge on any atom is 0.313 e. The molecule has 1 aliphatic rings. The molecule has 0 bridgehead atoms. The highest BCUT2D eigenvalue weighted by Crippen LogP contribution is 2.35. The summed E-state index contributed by atoms with van der Waals surface area (Å²) in [7, 11) is 0. The molecule has 0 radical (unpaired) electrons. The van der Waals surface area contributed by atoms with Crippen LogP contribution in [0.15, 0.2) is 5.16 Å². The van der Waals surface area contributed by atoms with Crippen LogP contribution in [0.3, 0.4) is 0 Å². The first kappa shape index (κ1) is 16.1. The van der Waals surface area contributed by atoms with Gasteiger partial charge in [0, 0.05) is 19.6 Å². The Morgan fingerprint density at radius 1 is 1.33 bits per heavy atom. The predicted octanol–water partition coefficient (Wildman–Crippen LogP) is 2.49. The normalized spacial score (nSPS) is 18.0. The quantitative estimate of drug-likeness (QED) is 0.814. The Balaban J connectivity index is 2.08. The molecule has 0 aliphatic carbocycles. The van der Waals surface area contributed by atoms with Crippen LogP contribution < -0.4 is 4.90 Å². The molecule has 1 aliphatic heterocycles. The molecular formula is C14H24N4O2S. The number of carbonyl (C=O) groups is 1. The summed E-state index contributed by atoms with van der Waals surface area (Å²) in [6.45, 7) is 9.38. The third-order valence-corrected chi connectivity index (χ3v) is 5.40. The Labute approximate surface area is 129 Å². The summed E-state index contributed by atoms with van der Waals surface area (Å²) in [6, 6.07) is 0. The Kier molecular flexibility index (Phi) is 5.13. The summed E-state index contributed by atoms with van der Waals surface area (Å²) in [5.41, 5.74) is 0.439. The van der Waals surface area contributed by atoms with Crippen LogP contribution in [-0.4, -0.2) is 44.7 Å². The minimum absolute atomic E-state index is 0.0199.